The number of ether oxygens (including phenoxy) is 1. The van der Waals surface area contributed by atoms with Gasteiger partial charge < -0.3 is 4.74 Å². The molecule has 0 aromatic heterocycles. The van der Waals surface area contributed by atoms with Crippen LogP contribution in [-0.4, -0.2) is 12.9 Å². The first-order valence-corrected chi connectivity index (χ1v) is 6.42. The highest BCUT2D eigenvalue weighted by molar-refractivity contribution is 9.10. The summed E-state index contributed by atoms with van der Waals surface area (Å²) in [5.74, 6) is 0.528. The minimum atomic E-state index is -0.119. The van der Waals surface area contributed by atoms with Gasteiger partial charge in [-0.2, -0.15) is 0 Å². The summed E-state index contributed by atoms with van der Waals surface area (Å²) in [6.45, 7) is 0. The molecule has 18 heavy (non-hydrogen) atoms. The molecule has 2 rings (SSSR count). The molecule has 0 spiro atoms. The topological polar surface area (TPSA) is 26.3 Å². The van der Waals surface area contributed by atoms with Gasteiger partial charge in [0.2, 0.25) is 0 Å². The summed E-state index contributed by atoms with van der Waals surface area (Å²) in [6.07, 6.45) is 0. The second kappa shape index (κ2) is 5.55. The predicted molar refractivity (Wildman–Crippen MR) is 75.6 cm³/mol. The van der Waals surface area contributed by atoms with E-state index in [2.05, 4.69) is 15.9 Å². The first-order valence-electron chi connectivity index (χ1n) is 5.25. The smallest absolute Gasteiger partial charge is 0.194 e. The van der Waals surface area contributed by atoms with E-state index < -0.39 is 0 Å². The number of carbonyl (C=O) groups excluding carboxylic acids is 1. The molecule has 4 heteroatoms. The van der Waals surface area contributed by atoms with E-state index in [4.69, 9.17) is 16.3 Å². The maximum absolute atomic E-state index is 12.3. The van der Waals surface area contributed by atoms with Crippen molar-refractivity contribution in [3.63, 3.8) is 0 Å². The van der Waals surface area contributed by atoms with Gasteiger partial charge in [-0.15, -0.1) is 0 Å². The maximum atomic E-state index is 12.3. The van der Waals surface area contributed by atoms with E-state index in [0.29, 0.717) is 21.9 Å². The Morgan fingerprint density at radius 1 is 1.22 bits per heavy atom. The van der Waals surface area contributed by atoms with Crippen molar-refractivity contribution < 1.29 is 9.53 Å². The molecule has 0 atom stereocenters. The van der Waals surface area contributed by atoms with Crippen LogP contribution in [0.3, 0.4) is 0 Å². The van der Waals surface area contributed by atoms with Crippen molar-refractivity contribution in [3.05, 3.63) is 63.1 Å². The average molecular weight is 326 g/mol. The van der Waals surface area contributed by atoms with Gasteiger partial charge in [-0.25, -0.2) is 0 Å². The number of halogens is 2. The van der Waals surface area contributed by atoms with E-state index in [9.17, 15) is 4.79 Å². The molecule has 0 aliphatic heterocycles. The zero-order chi connectivity index (χ0) is 13.1. The highest BCUT2D eigenvalue weighted by Crippen LogP contribution is 2.24. The Kier molecular flexibility index (Phi) is 4.04. The van der Waals surface area contributed by atoms with Crippen LogP contribution >= 0.6 is 27.5 Å². The Morgan fingerprint density at radius 2 is 2.00 bits per heavy atom. The lowest BCUT2D eigenvalue weighted by atomic mass is 10.0. The largest absolute Gasteiger partial charge is 0.497 e. The van der Waals surface area contributed by atoms with Crippen molar-refractivity contribution in [3.8, 4) is 5.75 Å². The molecule has 2 aromatic rings. The fraction of sp³-hybridized carbons (Fsp3) is 0.0714. The molecule has 0 unspecified atom stereocenters. The van der Waals surface area contributed by atoms with Crippen LogP contribution in [0.15, 0.2) is 46.9 Å². The monoisotopic (exact) mass is 324 g/mol. The Bertz CT molecular complexity index is 596. The van der Waals surface area contributed by atoms with Gasteiger partial charge in [0.25, 0.3) is 0 Å². The van der Waals surface area contributed by atoms with Crippen LogP contribution in [0.5, 0.6) is 5.75 Å². The molecule has 0 bridgehead atoms. The molecule has 0 aliphatic rings. The third-order valence-corrected chi connectivity index (χ3v) is 3.31. The SMILES string of the molecule is COc1cccc(C(=O)c2ccc(Br)cc2Cl)c1. The Hall–Kier alpha value is -1.32. The normalized spacial score (nSPS) is 10.2. The van der Waals surface area contributed by atoms with Gasteiger partial charge in [0.15, 0.2) is 5.78 Å². The van der Waals surface area contributed by atoms with Crippen LogP contribution in [0, 0.1) is 0 Å². The summed E-state index contributed by atoms with van der Waals surface area (Å²) in [5, 5.41) is 0.428. The van der Waals surface area contributed by atoms with Crippen LogP contribution in [0.1, 0.15) is 15.9 Å². The molecule has 2 nitrogen and oxygen atoms in total. The standard InChI is InChI=1S/C14H10BrClO2/c1-18-11-4-2-3-9(7-11)14(17)12-6-5-10(15)8-13(12)16/h2-8H,1H3. The second-order valence-corrected chi connectivity index (χ2v) is 5.01. The Balaban J connectivity index is 2.41. The molecule has 0 aliphatic carbocycles. The van der Waals surface area contributed by atoms with Gasteiger partial charge in [-0.1, -0.05) is 39.7 Å². The van der Waals surface area contributed by atoms with Crippen LogP contribution in [0.4, 0.5) is 0 Å². The first kappa shape index (κ1) is 13.1. The van der Waals surface area contributed by atoms with Crippen molar-refractivity contribution in [1.82, 2.24) is 0 Å². The van der Waals surface area contributed by atoms with E-state index in [-0.39, 0.29) is 5.78 Å². The molecule has 0 fully saturated rings. The zero-order valence-corrected chi connectivity index (χ0v) is 12.0. The molecule has 0 amide bonds. The molecule has 2 aromatic carbocycles. The summed E-state index contributed by atoms with van der Waals surface area (Å²) >= 11 is 9.37. The number of rotatable bonds is 3. The average Bonchev–Trinajstić information content (AvgIpc) is 2.38. The third-order valence-electron chi connectivity index (χ3n) is 2.51. The lowest BCUT2D eigenvalue weighted by molar-refractivity contribution is 0.103. The van der Waals surface area contributed by atoms with Crippen molar-refractivity contribution in [2.45, 2.75) is 0 Å². The summed E-state index contributed by atoms with van der Waals surface area (Å²) < 4.78 is 5.94. The van der Waals surface area contributed by atoms with Gasteiger partial charge in [0.1, 0.15) is 5.75 Å². The van der Waals surface area contributed by atoms with E-state index in [1.807, 2.05) is 0 Å². The molecule has 0 saturated heterocycles. The summed E-state index contributed by atoms with van der Waals surface area (Å²) in [6, 6.07) is 12.2. The summed E-state index contributed by atoms with van der Waals surface area (Å²) in [5.41, 5.74) is 1.03. The Morgan fingerprint density at radius 3 is 2.67 bits per heavy atom. The number of methoxy groups -OCH3 is 1. The van der Waals surface area contributed by atoms with Crippen molar-refractivity contribution in [1.29, 1.82) is 0 Å². The van der Waals surface area contributed by atoms with Gasteiger partial charge in [0, 0.05) is 15.6 Å². The van der Waals surface area contributed by atoms with Gasteiger partial charge in [-0.05, 0) is 30.3 Å². The molecular weight excluding hydrogens is 316 g/mol. The second-order valence-electron chi connectivity index (χ2n) is 3.69. The molecular formula is C14H10BrClO2. The van der Waals surface area contributed by atoms with Crippen molar-refractivity contribution >= 4 is 33.3 Å². The fourth-order valence-electron chi connectivity index (χ4n) is 1.59. The molecule has 0 N–H and O–H groups in total. The molecule has 92 valence electrons. The van der Waals surface area contributed by atoms with E-state index in [1.165, 1.54) is 0 Å². The van der Waals surface area contributed by atoms with Crippen LogP contribution in [0.25, 0.3) is 0 Å². The quantitative estimate of drug-likeness (QED) is 0.785. The predicted octanol–water partition coefficient (Wildman–Crippen LogP) is 4.34. The van der Waals surface area contributed by atoms with E-state index >= 15 is 0 Å². The van der Waals surface area contributed by atoms with Crippen LogP contribution < -0.4 is 4.74 Å². The highest BCUT2D eigenvalue weighted by Gasteiger charge is 2.13. The molecule has 0 radical (unpaired) electrons. The molecule has 0 heterocycles. The fourth-order valence-corrected chi connectivity index (χ4v) is 2.35. The number of hydrogen-bond acceptors (Lipinski definition) is 2. The van der Waals surface area contributed by atoms with Gasteiger partial charge in [0.05, 0.1) is 12.1 Å². The van der Waals surface area contributed by atoms with Gasteiger partial charge in [-0.3, -0.25) is 4.79 Å². The minimum Gasteiger partial charge on any atom is -0.497 e. The summed E-state index contributed by atoms with van der Waals surface area (Å²) in [7, 11) is 1.57. The number of hydrogen-bond donors (Lipinski definition) is 0. The zero-order valence-electron chi connectivity index (χ0n) is 9.61. The van der Waals surface area contributed by atoms with Crippen molar-refractivity contribution in [2.24, 2.45) is 0 Å². The lowest BCUT2D eigenvalue weighted by Crippen LogP contribution is -2.02. The van der Waals surface area contributed by atoms with Crippen molar-refractivity contribution in [2.75, 3.05) is 7.11 Å². The third kappa shape index (κ3) is 2.74. The van der Waals surface area contributed by atoms with E-state index in [0.717, 1.165) is 4.47 Å². The first-order chi connectivity index (χ1) is 8.61. The van der Waals surface area contributed by atoms with Gasteiger partial charge >= 0.3 is 0 Å². The van der Waals surface area contributed by atoms with Crippen LogP contribution in [-0.2, 0) is 0 Å². The maximum Gasteiger partial charge on any atom is 0.194 e. The highest BCUT2D eigenvalue weighted by atomic mass is 79.9. The molecule has 0 saturated carbocycles. The number of ketones is 1. The summed E-state index contributed by atoms with van der Waals surface area (Å²) in [4.78, 5) is 12.3. The minimum absolute atomic E-state index is 0.119. The number of carbonyl (C=O) groups is 1. The van der Waals surface area contributed by atoms with Crippen LogP contribution in [0.2, 0.25) is 5.02 Å². The van der Waals surface area contributed by atoms with E-state index in [1.54, 1.807) is 49.6 Å². The number of benzene rings is 2. The Labute approximate surface area is 119 Å². The lowest BCUT2D eigenvalue weighted by Gasteiger charge is -2.06.